The van der Waals surface area contributed by atoms with Crippen LogP contribution >= 0.6 is 0 Å². The van der Waals surface area contributed by atoms with Gasteiger partial charge in [0.25, 0.3) is 5.91 Å². The van der Waals surface area contributed by atoms with Gasteiger partial charge in [0.15, 0.2) is 0 Å². The third-order valence-electron chi connectivity index (χ3n) is 5.54. The van der Waals surface area contributed by atoms with Crippen LogP contribution in [0.3, 0.4) is 0 Å². The molecule has 1 aliphatic heterocycles. The number of carbonyl (C=O) groups excluding carboxylic acids is 1. The fraction of sp³-hybridized carbons (Fsp3) is 0.296. The zero-order valence-electron chi connectivity index (χ0n) is 19.9. The molecule has 0 unspecified atom stereocenters. The van der Waals surface area contributed by atoms with Crippen molar-refractivity contribution in [2.45, 2.75) is 26.4 Å². The van der Waals surface area contributed by atoms with E-state index in [1.54, 1.807) is 11.5 Å². The van der Waals surface area contributed by atoms with Crippen LogP contribution in [0.2, 0.25) is 0 Å². The summed E-state index contributed by atoms with van der Waals surface area (Å²) in [7, 11) is 0. The summed E-state index contributed by atoms with van der Waals surface area (Å²) in [5, 5.41) is 12.3. The monoisotopic (exact) mass is 471 g/mol. The SMILES string of the molecule is CC(C)Nc1ncc(C(=O)NO)cc1-c1ccc(C#Cc2ccc(CN3CCOCC3)nc2)cc1. The highest BCUT2D eigenvalue weighted by atomic mass is 16.5. The third kappa shape index (κ3) is 6.64. The number of anilines is 1. The lowest BCUT2D eigenvalue weighted by Gasteiger charge is -2.26. The Hall–Kier alpha value is -3.77. The molecule has 4 rings (SSSR count). The molecule has 0 radical (unpaired) electrons. The van der Waals surface area contributed by atoms with Gasteiger partial charge in [-0.15, -0.1) is 0 Å². The van der Waals surface area contributed by atoms with E-state index < -0.39 is 5.91 Å². The molecule has 1 amide bonds. The molecule has 8 nitrogen and oxygen atoms in total. The number of hydrogen-bond donors (Lipinski definition) is 3. The predicted molar refractivity (Wildman–Crippen MR) is 134 cm³/mol. The maximum Gasteiger partial charge on any atom is 0.276 e. The minimum atomic E-state index is -0.609. The van der Waals surface area contributed by atoms with Gasteiger partial charge in [-0.25, -0.2) is 10.5 Å². The lowest BCUT2D eigenvalue weighted by Crippen LogP contribution is -2.35. The molecule has 3 N–H and O–H groups in total. The number of aromatic nitrogens is 2. The molecule has 1 aliphatic rings. The molecule has 180 valence electrons. The highest BCUT2D eigenvalue weighted by Gasteiger charge is 2.13. The summed E-state index contributed by atoms with van der Waals surface area (Å²) in [6.45, 7) is 8.27. The van der Waals surface area contributed by atoms with Gasteiger partial charge < -0.3 is 10.1 Å². The zero-order valence-corrected chi connectivity index (χ0v) is 19.9. The first kappa shape index (κ1) is 24.4. The first-order valence-electron chi connectivity index (χ1n) is 11.6. The highest BCUT2D eigenvalue weighted by molar-refractivity contribution is 5.95. The van der Waals surface area contributed by atoms with E-state index in [0.29, 0.717) is 5.82 Å². The molecular weight excluding hydrogens is 442 g/mol. The van der Waals surface area contributed by atoms with Gasteiger partial charge in [-0.05, 0) is 49.7 Å². The molecular formula is C27H29N5O3. The average molecular weight is 472 g/mol. The summed E-state index contributed by atoms with van der Waals surface area (Å²) in [6, 6.07) is 13.6. The third-order valence-corrected chi connectivity index (χ3v) is 5.54. The van der Waals surface area contributed by atoms with Crippen LogP contribution in [0.4, 0.5) is 5.82 Å². The Balaban J connectivity index is 1.48. The van der Waals surface area contributed by atoms with Crippen LogP contribution in [0.15, 0.2) is 54.9 Å². The normalized spacial score (nSPS) is 13.7. The summed E-state index contributed by atoms with van der Waals surface area (Å²) in [6.07, 6.45) is 3.24. The number of pyridine rings is 2. The van der Waals surface area contributed by atoms with Crippen molar-refractivity contribution in [3.63, 3.8) is 0 Å². The number of nitrogens with one attached hydrogen (secondary N) is 2. The van der Waals surface area contributed by atoms with Crippen molar-refractivity contribution < 1.29 is 14.7 Å². The van der Waals surface area contributed by atoms with Crippen LogP contribution in [-0.2, 0) is 11.3 Å². The van der Waals surface area contributed by atoms with Crippen molar-refractivity contribution in [2.75, 3.05) is 31.6 Å². The summed E-state index contributed by atoms with van der Waals surface area (Å²) >= 11 is 0. The molecule has 1 saturated heterocycles. The largest absolute Gasteiger partial charge is 0.379 e. The summed E-state index contributed by atoms with van der Waals surface area (Å²) in [4.78, 5) is 23.1. The second kappa shape index (κ2) is 11.6. The van der Waals surface area contributed by atoms with E-state index >= 15 is 0 Å². The van der Waals surface area contributed by atoms with Crippen molar-refractivity contribution in [2.24, 2.45) is 0 Å². The molecule has 2 aromatic heterocycles. The van der Waals surface area contributed by atoms with Gasteiger partial charge in [-0.3, -0.25) is 19.9 Å². The molecule has 8 heteroatoms. The predicted octanol–water partition coefficient (Wildman–Crippen LogP) is 3.31. The van der Waals surface area contributed by atoms with E-state index in [2.05, 4.69) is 32.0 Å². The van der Waals surface area contributed by atoms with Crippen LogP contribution in [0.1, 0.15) is 41.0 Å². The highest BCUT2D eigenvalue weighted by Crippen LogP contribution is 2.28. The van der Waals surface area contributed by atoms with Crippen LogP contribution in [0.5, 0.6) is 0 Å². The molecule has 0 bridgehead atoms. The maximum atomic E-state index is 11.9. The van der Waals surface area contributed by atoms with Crippen molar-refractivity contribution in [3.8, 4) is 23.0 Å². The Morgan fingerprint density at radius 2 is 1.77 bits per heavy atom. The number of hydrogen-bond acceptors (Lipinski definition) is 7. The van der Waals surface area contributed by atoms with Gasteiger partial charge in [0, 0.05) is 54.8 Å². The number of amides is 1. The van der Waals surface area contributed by atoms with Gasteiger partial charge in [-0.2, -0.15) is 0 Å². The Labute approximate surface area is 205 Å². The minimum Gasteiger partial charge on any atom is -0.379 e. The molecule has 0 atom stereocenters. The molecule has 3 heterocycles. The fourth-order valence-electron chi connectivity index (χ4n) is 3.72. The van der Waals surface area contributed by atoms with Crippen LogP contribution in [-0.4, -0.2) is 58.3 Å². The van der Waals surface area contributed by atoms with Gasteiger partial charge >= 0.3 is 0 Å². The number of hydroxylamine groups is 1. The van der Waals surface area contributed by atoms with Crippen molar-refractivity contribution >= 4 is 11.7 Å². The van der Waals surface area contributed by atoms with Crippen LogP contribution in [0.25, 0.3) is 11.1 Å². The number of benzene rings is 1. The Morgan fingerprint density at radius 3 is 2.43 bits per heavy atom. The van der Waals surface area contributed by atoms with E-state index in [9.17, 15) is 4.79 Å². The van der Waals surface area contributed by atoms with E-state index in [1.165, 1.54) is 6.20 Å². The quantitative estimate of drug-likeness (QED) is 0.288. The first-order valence-corrected chi connectivity index (χ1v) is 11.6. The fourth-order valence-corrected chi connectivity index (χ4v) is 3.72. The molecule has 0 spiro atoms. The standard InChI is InChI=1S/C27H29N5O3/c1-19(2)30-26-25(15-23(17-29-26)27(33)31-34)22-8-5-20(6-9-22)3-4-21-7-10-24(28-16-21)18-32-11-13-35-14-12-32/h5-10,15-17,19,34H,11-14,18H2,1-2H3,(H,29,30)(H,31,33). The lowest BCUT2D eigenvalue weighted by atomic mass is 10.0. The number of nitrogens with zero attached hydrogens (tertiary/aromatic N) is 3. The van der Waals surface area contributed by atoms with Gasteiger partial charge in [-0.1, -0.05) is 24.0 Å². The topological polar surface area (TPSA) is 99.6 Å². The average Bonchev–Trinajstić information content (AvgIpc) is 2.89. The molecule has 35 heavy (non-hydrogen) atoms. The summed E-state index contributed by atoms with van der Waals surface area (Å²) in [5.41, 5.74) is 6.32. The summed E-state index contributed by atoms with van der Waals surface area (Å²) < 4.78 is 5.39. The number of ether oxygens (including phenoxy) is 1. The van der Waals surface area contributed by atoms with E-state index in [4.69, 9.17) is 9.94 Å². The Bertz CT molecular complexity index is 1210. The second-order valence-electron chi connectivity index (χ2n) is 8.61. The van der Waals surface area contributed by atoms with Gasteiger partial charge in [0.1, 0.15) is 5.82 Å². The van der Waals surface area contributed by atoms with E-state index in [-0.39, 0.29) is 11.6 Å². The second-order valence-corrected chi connectivity index (χ2v) is 8.61. The van der Waals surface area contributed by atoms with Gasteiger partial charge in [0.05, 0.1) is 24.5 Å². The van der Waals surface area contributed by atoms with Crippen molar-refractivity contribution in [1.29, 1.82) is 0 Å². The smallest absolute Gasteiger partial charge is 0.276 e. The molecule has 1 fully saturated rings. The molecule has 1 aromatic carbocycles. The molecule has 0 saturated carbocycles. The first-order chi connectivity index (χ1) is 17.0. The van der Waals surface area contributed by atoms with Crippen molar-refractivity contribution in [3.05, 3.63) is 77.2 Å². The Morgan fingerprint density at radius 1 is 1.06 bits per heavy atom. The summed E-state index contributed by atoms with van der Waals surface area (Å²) in [5.74, 6) is 6.40. The Kier molecular flexibility index (Phi) is 8.06. The number of rotatable bonds is 6. The van der Waals surface area contributed by atoms with E-state index in [0.717, 1.165) is 60.8 Å². The lowest BCUT2D eigenvalue weighted by molar-refractivity contribution is 0.0336. The maximum absolute atomic E-state index is 11.9. The van der Waals surface area contributed by atoms with Crippen molar-refractivity contribution in [1.82, 2.24) is 20.3 Å². The number of morpholine rings is 1. The van der Waals surface area contributed by atoms with Crippen LogP contribution in [0, 0.1) is 11.8 Å². The van der Waals surface area contributed by atoms with E-state index in [1.807, 2.05) is 56.4 Å². The number of carbonyl (C=O) groups is 1. The zero-order chi connectivity index (χ0) is 24.6. The minimum absolute atomic E-state index is 0.165. The molecule has 3 aromatic rings. The van der Waals surface area contributed by atoms with Gasteiger partial charge in [0.2, 0.25) is 0 Å². The molecule has 0 aliphatic carbocycles. The van der Waals surface area contributed by atoms with Crippen LogP contribution < -0.4 is 10.8 Å².